The van der Waals surface area contributed by atoms with E-state index in [2.05, 4.69) is 34.6 Å². The summed E-state index contributed by atoms with van der Waals surface area (Å²) < 4.78 is 5.74. The Hall–Kier alpha value is -0.860. The van der Waals surface area contributed by atoms with Gasteiger partial charge in [-0.05, 0) is 38.2 Å². The van der Waals surface area contributed by atoms with Crippen molar-refractivity contribution < 1.29 is 4.74 Å². The highest BCUT2D eigenvalue weighted by Gasteiger charge is 2.27. The molecule has 0 aromatic heterocycles. The van der Waals surface area contributed by atoms with Crippen LogP contribution in [-0.4, -0.2) is 55.7 Å². The van der Waals surface area contributed by atoms with Gasteiger partial charge in [0.1, 0.15) is 0 Å². The van der Waals surface area contributed by atoms with Crippen LogP contribution in [0.25, 0.3) is 0 Å². The lowest BCUT2D eigenvalue weighted by Crippen LogP contribution is -2.50. The summed E-state index contributed by atoms with van der Waals surface area (Å²) in [6, 6.07) is 11.7. The Morgan fingerprint density at radius 1 is 1.11 bits per heavy atom. The Morgan fingerprint density at radius 2 is 1.82 bits per heavy atom. The molecule has 0 spiro atoms. The summed E-state index contributed by atoms with van der Waals surface area (Å²) in [6.45, 7) is 7.43. The van der Waals surface area contributed by atoms with Crippen molar-refractivity contribution in [3.05, 3.63) is 35.9 Å². The number of nitrogens with one attached hydrogen (secondary N) is 2. The number of aliphatic imine (C=N–C) groups is 1. The van der Waals surface area contributed by atoms with Crippen molar-refractivity contribution in [1.29, 1.82) is 0 Å². The van der Waals surface area contributed by atoms with Crippen molar-refractivity contribution in [1.82, 2.24) is 15.5 Å². The first-order valence-electron chi connectivity index (χ1n) is 10.8. The van der Waals surface area contributed by atoms with Gasteiger partial charge < -0.3 is 20.3 Å². The third-order valence-electron chi connectivity index (χ3n) is 5.67. The molecule has 2 aliphatic rings. The molecule has 1 aliphatic carbocycles. The molecule has 5 nitrogen and oxygen atoms in total. The Balaban J connectivity index is 0.00000280. The molecule has 1 saturated heterocycles. The van der Waals surface area contributed by atoms with Crippen molar-refractivity contribution in [3.8, 4) is 0 Å². The summed E-state index contributed by atoms with van der Waals surface area (Å²) >= 11 is 0. The Morgan fingerprint density at radius 3 is 2.50 bits per heavy atom. The maximum absolute atomic E-state index is 5.74. The largest absolute Gasteiger partial charge is 0.375 e. The first-order valence-corrected chi connectivity index (χ1v) is 10.8. The molecule has 2 N–H and O–H groups in total. The molecule has 6 heteroatoms. The van der Waals surface area contributed by atoms with E-state index < -0.39 is 0 Å². The number of nitrogens with zero attached hydrogens (tertiary/aromatic N) is 2. The van der Waals surface area contributed by atoms with Crippen molar-refractivity contribution in [2.75, 3.05) is 32.8 Å². The molecule has 28 heavy (non-hydrogen) atoms. The maximum atomic E-state index is 5.74. The van der Waals surface area contributed by atoms with E-state index in [9.17, 15) is 0 Å². The summed E-state index contributed by atoms with van der Waals surface area (Å²) in [6.07, 6.45) is 8.09. The minimum Gasteiger partial charge on any atom is -0.375 e. The number of hydrogen-bond donors (Lipinski definition) is 2. The molecule has 1 heterocycles. The van der Waals surface area contributed by atoms with Crippen LogP contribution in [-0.2, 0) is 11.3 Å². The van der Waals surface area contributed by atoms with Gasteiger partial charge in [-0.25, -0.2) is 0 Å². The predicted molar refractivity (Wildman–Crippen MR) is 127 cm³/mol. The fourth-order valence-corrected chi connectivity index (χ4v) is 4.18. The molecule has 0 unspecified atom stereocenters. The molecule has 158 valence electrons. The zero-order valence-electron chi connectivity index (χ0n) is 17.2. The highest BCUT2D eigenvalue weighted by atomic mass is 127. The van der Waals surface area contributed by atoms with Crippen LogP contribution in [0.15, 0.2) is 35.3 Å². The van der Waals surface area contributed by atoms with E-state index in [0.717, 1.165) is 18.5 Å². The van der Waals surface area contributed by atoms with Gasteiger partial charge in [-0.15, -0.1) is 24.0 Å². The van der Waals surface area contributed by atoms with Gasteiger partial charge >= 0.3 is 0 Å². The van der Waals surface area contributed by atoms with Gasteiger partial charge in [0.15, 0.2) is 5.96 Å². The lowest BCUT2D eigenvalue weighted by Gasteiger charge is -2.36. The van der Waals surface area contributed by atoms with Crippen LogP contribution < -0.4 is 10.6 Å². The van der Waals surface area contributed by atoms with Crippen molar-refractivity contribution in [3.63, 3.8) is 0 Å². The molecule has 0 atom stereocenters. The molecule has 1 aromatic rings. The smallest absolute Gasteiger partial charge is 0.191 e. The molecule has 3 rings (SSSR count). The molecule has 0 amide bonds. The van der Waals surface area contributed by atoms with Crippen LogP contribution in [0.3, 0.4) is 0 Å². The van der Waals surface area contributed by atoms with Crippen molar-refractivity contribution in [2.45, 2.75) is 64.1 Å². The molecular weight excluding hydrogens is 463 g/mol. The molecule has 1 saturated carbocycles. The monoisotopic (exact) mass is 500 g/mol. The topological polar surface area (TPSA) is 48.9 Å². The van der Waals surface area contributed by atoms with E-state index in [4.69, 9.17) is 9.73 Å². The number of benzene rings is 1. The van der Waals surface area contributed by atoms with E-state index >= 15 is 0 Å². The minimum atomic E-state index is 0. The van der Waals surface area contributed by atoms with Crippen LogP contribution in [0.2, 0.25) is 0 Å². The van der Waals surface area contributed by atoms with E-state index in [1.54, 1.807) is 0 Å². The van der Waals surface area contributed by atoms with E-state index in [-0.39, 0.29) is 24.0 Å². The van der Waals surface area contributed by atoms with Gasteiger partial charge in [-0.1, -0.05) is 43.2 Å². The van der Waals surface area contributed by atoms with E-state index in [1.165, 1.54) is 57.2 Å². The Bertz CT molecular complexity index is 555. The molecular formula is C22H37IN4O. The second-order valence-electron chi connectivity index (χ2n) is 7.69. The molecule has 1 aromatic carbocycles. The Kier molecular flexibility index (Phi) is 11.2. The average Bonchev–Trinajstić information content (AvgIpc) is 3.24. The fourth-order valence-electron chi connectivity index (χ4n) is 4.18. The van der Waals surface area contributed by atoms with Crippen LogP contribution in [0.1, 0.15) is 51.0 Å². The minimum absolute atomic E-state index is 0. The normalized spacial score (nSPS) is 19.4. The van der Waals surface area contributed by atoms with Crippen LogP contribution in [0.5, 0.6) is 0 Å². The lowest BCUT2D eigenvalue weighted by molar-refractivity contribution is 0.128. The van der Waals surface area contributed by atoms with E-state index in [1.807, 2.05) is 18.2 Å². The maximum Gasteiger partial charge on any atom is 0.191 e. The first-order chi connectivity index (χ1) is 13.3. The SMILES string of the molecule is CCNC(=NCCOCc1ccccc1)NC1CCN(C2CCCC2)CC1.I. The second-order valence-corrected chi connectivity index (χ2v) is 7.69. The number of piperidine rings is 1. The van der Waals surface area contributed by atoms with Gasteiger partial charge in [0, 0.05) is 31.7 Å². The number of halogens is 1. The molecule has 2 fully saturated rings. The van der Waals surface area contributed by atoms with Gasteiger partial charge in [-0.3, -0.25) is 4.99 Å². The van der Waals surface area contributed by atoms with Crippen LogP contribution in [0.4, 0.5) is 0 Å². The summed E-state index contributed by atoms with van der Waals surface area (Å²) in [5.74, 6) is 0.931. The Labute approximate surface area is 187 Å². The molecule has 0 radical (unpaired) electrons. The zero-order chi connectivity index (χ0) is 18.7. The summed E-state index contributed by atoms with van der Waals surface area (Å²) in [5, 5.41) is 7.01. The number of hydrogen-bond acceptors (Lipinski definition) is 3. The second kappa shape index (κ2) is 13.4. The summed E-state index contributed by atoms with van der Waals surface area (Å²) in [7, 11) is 0. The van der Waals surface area contributed by atoms with Crippen LogP contribution in [0, 0.1) is 0 Å². The number of ether oxygens (including phenoxy) is 1. The summed E-state index contributed by atoms with van der Waals surface area (Å²) in [4.78, 5) is 7.41. The first kappa shape index (κ1) is 23.4. The number of likely N-dealkylation sites (tertiary alicyclic amines) is 1. The van der Waals surface area contributed by atoms with Gasteiger partial charge in [0.2, 0.25) is 0 Å². The third kappa shape index (κ3) is 7.87. The number of rotatable bonds is 8. The highest BCUT2D eigenvalue weighted by Crippen LogP contribution is 2.26. The van der Waals surface area contributed by atoms with Gasteiger partial charge in [-0.2, -0.15) is 0 Å². The lowest BCUT2D eigenvalue weighted by atomic mass is 10.0. The van der Waals surface area contributed by atoms with Crippen LogP contribution >= 0.6 is 24.0 Å². The van der Waals surface area contributed by atoms with Gasteiger partial charge in [0.05, 0.1) is 19.8 Å². The standard InChI is InChI=1S/C22H36N4O.HI/c1-2-23-22(24-14-17-27-18-19-8-4-3-5-9-19)25-20-12-15-26(16-13-20)21-10-6-7-11-21;/h3-5,8-9,20-21H,2,6-7,10-18H2,1H3,(H2,23,24,25);1H. The third-order valence-corrected chi connectivity index (χ3v) is 5.67. The summed E-state index contributed by atoms with van der Waals surface area (Å²) in [5.41, 5.74) is 1.21. The molecule has 1 aliphatic heterocycles. The average molecular weight is 500 g/mol. The highest BCUT2D eigenvalue weighted by molar-refractivity contribution is 14.0. The van der Waals surface area contributed by atoms with Gasteiger partial charge in [0.25, 0.3) is 0 Å². The van der Waals surface area contributed by atoms with Crippen molar-refractivity contribution in [2.24, 2.45) is 4.99 Å². The fraction of sp³-hybridized carbons (Fsp3) is 0.682. The molecule has 0 bridgehead atoms. The number of guanidine groups is 1. The van der Waals surface area contributed by atoms with Crippen molar-refractivity contribution >= 4 is 29.9 Å². The quantitative estimate of drug-likeness (QED) is 0.247. The predicted octanol–water partition coefficient (Wildman–Crippen LogP) is 3.78. The van der Waals surface area contributed by atoms with E-state index in [0.29, 0.717) is 25.8 Å². The zero-order valence-corrected chi connectivity index (χ0v) is 19.6.